The number of hydrogen-bond acceptors (Lipinski definition) is 5. The number of carboxylic acids is 1. The van der Waals surface area contributed by atoms with Crippen LogP contribution in [0.25, 0.3) is 0 Å². The summed E-state index contributed by atoms with van der Waals surface area (Å²) in [5.74, 6) is -0.289. The fourth-order valence-corrected chi connectivity index (χ4v) is 2.16. The van der Waals surface area contributed by atoms with Gasteiger partial charge < -0.3 is 15.7 Å². The van der Waals surface area contributed by atoms with Crippen LogP contribution in [0.1, 0.15) is 16.1 Å². The number of nitrogens with zero attached hydrogens (tertiary/aromatic N) is 2. The number of anilines is 1. The minimum atomic E-state index is -0.921. The molecule has 1 aromatic heterocycles. The van der Waals surface area contributed by atoms with Crippen LogP contribution in [-0.2, 0) is 0 Å². The van der Waals surface area contributed by atoms with Crippen molar-refractivity contribution < 1.29 is 9.90 Å². The lowest BCUT2D eigenvalue weighted by Crippen LogP contribution is -2.45. The van der Waals surface area contributed by atoms with Crippen LogP contribution in [0.2, 0.25) is 0 Å². The molecule has 0 aromatic carbocycles. The highest BCUT2D eigenvalue weighted by Gasteiger charge is 2.09. The number of rotatable bonds is 5. The number of aromatic carboxylic acids is 1. The van der Waals surface area contributed by atoms with Gasteiger partial charge in [0.25, 0.3) is 0 Å². The average molecular weight is 264 g/mol. The zero-order chi connectivity index (χ0) is 13.7. The second-order valence-electron chi connectivity index (χ2n) is 4.71. The van der Waals surface area contributed by atoms with E-state index in [9.17, 15) is 4.79 Å². The Morgan fingerprint density at radius 1 is 1.47 bits per heavy atom. The van der Waals surface area contributed by atoms with Crippen molar-refractivity contribution in [3.8, 4) is 0 Å². The summed E-state index contributed by atoms with van der Waals surface area (Å²) in [6.45, 7) is 7.70. The van der Waals surface area contributed by atoms with Gasteiger partial charge in [-0.3, -0.25) is 4.90 Å². The Hall–Kier alpha value is -1.66. The molecule has 0 aliphatic carbocycles. The minimum absolute atomic E-state index is 0.275. The highest BCUT2D eigenvalue weighted by Crippen LogP contribution is 2.10. The summed E-state index contributed by atoms with van der Waals surface area (Å²) in [6.07, 6.45) is 0. The number of piperazine rings is 1. The molecule has 6 nitrogen and oxygen atoms in total. The van der Waals surface area contributed by atoms with E-state index in [0.29, 0.717) is 11.5 Å². The number of hydrogen-bond donors (Lipinski definition) is 3. The summed E-state index contributed by atoms with van der Waals surface area (Å²) >= 11 is 0. The molecule has 0 unspecified atom stereocenters. The molecule has 1 aliphatic heterocycles. The van der Waals surface area contributed by atoms with Gasteiger partial charge in [-0.25, -0.2) is 9.78 Å². The van der Waals surface area contributed by atoms with E-state index in [1.54, 1.807) is 19.1 Å². The van der Waals surface area contributed by atoms with Crippen LogP contribution in [0.15, 0.2) is 12.1 Å². The minimum Gasteiger partial charge on any atom is -0.478 e. The Labute approximate surface area is 112 Å². The van der Waals surface area contributed by atoms with Crippen molar-refractivity contribution in [2.75, 3.05) is 44.6 Å². The van der Waals surface area contributed by atoms with Crippen molar-refractivity contribution in [2.45, 2.75) is 6.92 Å². The molecule has 104 valence electrons. The molecule has 0 radical (unpaired) electrons. The van der Waals surface area contributed by atoms with Crippen LogP contribution >= 0.6 is 0 Å². The predicted octanol–water partition coefficient (Wildman–Crippen LogP) is 0.405. The molecule has 1 saturated heterocycles. The summed E-state index contributed by atoms with van der Waals surface area (Å²) in [5, 5.41) is 15.5. The zero-order valence-corrected chi connectivity index (χ0v) is 11.1. The third-order valence-electron chi connectivity index (χ3n) is 3.14. The SMILES string of the molecule is Cc1cc(C(=O)O)cc(NCCN2CCNCC2)n1. The molecule has 2 heterocycles. The molecule has 6 heteroatoms. The molecule has 3 N–H and O–H groups in total. The Morgan fingerprint density at radius 2 is 2.21 bits per heavy atom. The second kappa shape index (κ2) is 6.49. The first-order valence-corrected chi connectivity index (χ1v) is 6.54. The third kappa shape index (κ3) is 4.18. The van der Waals surface area contributed by atoms with Gasteiger partial charge in [-0.2, -0.15) is 0 Å². The summed E-state index contributed by atoms with van der Waals surface area (Å²) in [5.41, 5.74) is 0.988. The average Bonchev–Trinajstić information content (AvgIpc) is 2.39. The summed E-state index contributed by atoms with van der Waals surface area (Å²) < 4.78 is 0. The van der Waals surface area contributed by atoms with Crippen molar-refractivity contribution in [3.63, 3.8) is 0 Å². The van der Waals surface area contributed by atoms with Crippen LogP contribution in [0.4, 0.5) is 5.82 Å². The van der Waals surface area contributed by atoms with E-state index in [4.69, 9.17) is 5.11 Å². The molecule has 19 heavy (non-hydrogen) atoms. The van der Waals surface area contributed by atoms with Gasteiger partial charge >= 0.3 is 5.97 Å². The van der Waals surface area contributed by atoms with Crippen molar-refractivity contribution in [3.05, 3.63) is 23.4 Å². The Kier molecular flexibility index (Phi) is 4.70. The predicted molar refractivity (Wildman–Crippen MR) is 73.7 cm³/mol. The van der Waals surface area contributed by atoms with Crippen molar-refractivity contribution in [1.82, 2.24) is 15.2 Å². The smallest absolute Gasteiger partial charge is 0.335 e. The molecule has 1 fully saturated rings. The van der Waals surface area contributed by atoms with E-state index in [1.165, 1.54) is 0 Å². The summed E-state index contributed by atoms with van der Waals surface area (Å²) in [6, 6.07) is 3.15. The number of aromatic nitrogens is 1. The number of carboxylic acid groups (broad SMARTS) is 1. The maximum absolute atomic E-state index is 11.0. The molecule has 1 aromatic rings. The van der Waals surface area contributed by atoms with E-state index in [1.807, 2.05) is 0 Å². The highest BCUT2D eigenvalue weighted by atomic mass is 16.4. The largest absolute Gasteiger partial charge is 0.478 e. The Morgan fingerprint density at radius 3 is 2.89 bits per heavy atom. The first kappa shape index (κ1) is 13.8. The van der Waals surface area contributed by atoms with Crippen LogP contribution in [0, 0.1) is 6.92 Å². The molecule has 0 amide bonds. The fraction of sp³-hybridized carbons (Fsp3) is 0.538. The van der Waals surface area contributed by atoms with Gasteiger partial charge in [0.1, 0.15) is 5.82 Å². The molecule has 0 saturated carbocycles. The van der Waals surface area contributed by atoms with Gasteiger partial charge in [0.2, 0.25) is 0 Å². The maximum Gasteiger partial charge on any atom is 0.335 e. The fourth-order valence-electron chi connectivity index (χ4n) is 2.16. The van der Waals surface area contributed by atoms with Crippen molar-refractivity contribution in [2.24, 2.45) is 0 Å². The Bertz CT molecular complexity index is 444. The van der Waals surface area contributed by atoms with Crippen molar-refractivity contribution >= 4 is 11.8 Å². The lowest BCUT2D eigenvalue weighted by molar-refractivity contribution is 0.0696. The van der Waals surface area contributed by atoms with Crippen LogP contribution in [0.5, 0.6) is 0 Å². The maximum atomic E-state index is 11.0. The first-order chi connectivity index (χ1) is 9.15. The van der Waals surface area contributed by atoms with Crippen LogP contribution < -0.4 is 10.6 Å². The van der Waals surface area contributed by atoms with Gasteiger partial charge in [-0.1, -0.05) is 0 Å². The van der Waals surface area contributed by atoms with Crippen molar-refractivity contribution in [1.29, 1.82) is 0 Å². The number of nitrogens with one attached hydrogen (secondary N) is 2. The quantitative estimate of drug-likeness (QED) is 0.715. The monoisotopic (exact) mass is 264 g/mol. The van der Waals surface area contributed by atoms with Gasteiger partial charge in [-0.05, 0) is 19.1 Å². The molecule has 0 bridgehead atoms. The van der Waals surface area contributed by atoms with Gasteiger partial charge in [0, 0.05) is 45.0 Å². The molecule has 1 aliphatic rings. The molecule has 0 atom stereocenters. The van der Waals surface area contributed by atoms with E-state index in [2.05, 4.69) is 20.5 Å². The van der Waals surface area contributed by atoms with E-state index in [-0.39, 0.29) is 5.56 Å². The number of aryl methyl sites for hydroxylation is 1. The topological polar surface area (TPSA) is 77.5 Å². The molecular formula is C13H20N4O2. The van der Waals surface area contributed by atoms with E-state index < -0.39 is 5.97 Å². The lowest BCUT2D eigenvalue weighted by atomic mass is 10.2. The summed E-state index contributed by atoms with van der Waals surface area (Å²) in [4.78, 5) is 17.6. The van der Waals surface area contributed by atoms with E-state index >= 15 is 0 Å². The number of carbonyl (C=O) groups is 1. The molecule has 2 rings (SSSR count). The molecule has 0 spiro atoms. The van der Waals surface area contributed by atoms with Crippen LogP contribution in [-0.4, -0.2) is 60.2 Å². The zero-order valence-electron chi connectivity index (χ0n) is 11.1. The van der Waals surface area contributed by atoms with Gasteiger partial charge in [0.15, 0.2) is 0 Å². The Balaban J connectivity index is 1.86. The van der Waals surface area contributed by atoms with Gasteiger partial charge in [-0.15, -0.1) is 0 Å². The van der Waals surface area contributed by atoms with Gasteiger partial charge in [0.05, 0.1) is 5.56 Å². The van der Waals surface area contributed by atoms with Crippen LogP contribution in [0.3, 0.4) is 0 Å². The first-order valence-electron chi connectivity index (χ1n) is 6.54. The second-order valence-corrected chi connectivity index (χ2v) is 4.71. The molecular weight excluding hydrogens is 244 g/mol. The third-order valence-corrected chi connectivity index (χ3v) is 3.14. The normalized spacial score (nSPS) is 16.3. The highest BCUT2D eigenvalue weighted by molar-refractivity contribution is 5.88. The van der Waals surface area contributed by atoms with E-state index in [0.717, 1.165) is 39.3 Å². The standard InChI is InChI=1S/C13H20N4O2/c1-10-8-11(13(18)19)9-12(16-10)15-4-7-17-5-2-14-3-6-17/h8-9,14H,2-7H2,1H3,(H,15,16)(H,18,19). The summed E-state index contributed by atoms with van der Waals surface area (Å²) in [7, 11) is 0. The number of pyridine rings is 1. The lowest BCUT2D eigenvalue weighted by Gasteiger charge is -2.27.